The summed E-state index contributed by atoms with van der Waals surface area (Å²) in [5.74, 6) is 1.53. The highest BCUT2D eigenvalue weighted by Crippen LogP contribution is 2.28. The fourth-order valence-corrected chi connectivity index (χ4v) is 3.56. The molecule has 0 amide bonds. The molecule has 0 saturated carbocycles. The standard InChI is InChI=1S/C13H15N5OS2/c1-13(2,3)18-12(15-16-17-18)21-8-9-7-20-11(14-9)10-5-4-6-19-10/h4-7H,8H2,1-3H3. The van der Waals surface area contributed by atoms with E-state index in [1.807, 2.05) is 22.2 Å². The van der Waals surface area contributed by atoms with Crippen LogP contribution in [0.2, 0.25) is 0 Å². The van der Waals surface area contributed by atoms with Gasteiger partial charge in [0.25, 0.3) is 0 Å². The van der Waals surface area contributed by atoms with Gasteiger partial charge in [0.05, 0.1) is 17.5 Å². The summed E-state index contributed by atoms with van der Waals surface area (Å²) in [5, 5.41) is 15.6. The van der Waals surface area contributed by atoms with Crippen molar-refractivity contribution in [3.63, 3.8) is 0 Å². The highest BCUT2D eigenvalue weighted by atomic mass is 32.2. The normalized spacial score (nSPS) is 12.0. The van der Waals surface area contributed by atoms with Crippen LogP contribution in [0, 0.1) is 0 Å². The first-order valence-corrected chi connectivity index (χ1v) is 8.30. The van der Waals surface area contributed by atoms with Crippen molar-refractivity contribution in [1.82, 2.24) is 25.2 Å². The Kier molecular flexibility index (Phi) is 3.81. The molecule has 3 aromatic heterocycles. The molecule has 3 aromatic rings. The number of tetrazole rings is 1. The van der Waals surface area contributed by atoms with Gasteiger partial charge in [-0.2, -0.15) is 0 Å². The number of hydrogen-bond acceptors (Lipinski definition) is 7. The third-order valence-corrected chi connectivity index (χ3v) is 4.57. The number of hydrogen-bond donors (Lipinski definition) is 0. The smallest absolute Gasteiger partial charge is 0.210 e. The van der Waals surface area contributed by atoms with E-state index in [0.717, 1.165) is 27.4 Å². The molecular formula is C13H15N5OS2. The van der Waals surface area contributed by atoms with Gasteiger partial charge in [0.2, 0.25) is 5.16 Å². The first-order chi connectivity index (χ1) is 10.0. The zero-order chi connectivity index (χ0) is 14.9. The van der Waals surface area contributed by atoms with E-state index < -0.39 is 0 Å². The molecule has 3 rings (SSSR count). The zero-order valence-corrected chi connectivity index (χ0v) is 13.6. The first kappa shape index (κ1) is 14.3. The van der Waals surface area contributed by atoms with Gasteiger partial charge in [0.15, 0.2) is 10.8 Å². The number of thioether (sulfide) groups is 1. The maximum Gasteiger partial charge on any atom is 0.210 e. The molecule has 0 aromatic carbocycles. The van der Waals surface area contributed by atoms with Crippen LogP contribution in [0.15, 0.2) is 33.3 Å². The van der Waals surface area contributed by atoms with Crippen molar-refractivity contribution < 1.29 is 4.42 Å². The molecule has 0 spiro atoms. The van der Waals surface area contributed by atoms with Crippen LogP contribution in [-0.4, -0.2) is 25.2 Å². The van der Waals surface area contributed by atoms with Crippen LogP contribution >= 0.6 is 23.1 Å². The lowest BCUT2D eigenvalue weighted by molar-refractivity contribution is 0.321. The fraction of sp³-hybridized carbons (Fsp3) is 0.385. The molecule has 110 valence electrons. The second kappa shape index (κ2) is 5.61. The fourth-order valence-electron chi connectivity index (χ4n) is 1.72. The average molecular weight is 321 g/mol. The predicted octanol–water partition coefficient (Wildman–Crippen LogP) is 3.44. The molecule has 0 N–H and O–H groups in total. The number of furan rings is 1. The van der Waals surface area contributed by atoms with Gasteiger partial charge in [0.1, 0.15) is 0 Å². The quantitative estimate of drug-likeness (QED) is 0.686. The van der Waals surface area contributed by atoms with Crippen molar-refractivity contribution in [2.24, 2.45) is 0 Å². The zero-order valence-electron chi connectivity index (χ0n) is 12.0. The summed E-state index contributed by atoms with van der Waals surface area (Å²) in [7, 11) is 0. The summed E-state index contributed by atoms with van der Waals surface area (Å²) in [6.45, 7) is 6.22. The van der Waals surface area contributed by atoms with Crippen molar-refractivity contribution in [1.29, 1.82) is 0 Å². The van der Waals surface area contributed by atoms with Crippen molar-refractivity contribution in [3.05, 3.63) is 29.5 Å². The van der Waals surface area contributed by atoms with Crippen LogP contribution in [0.5, 0.6) is 0 Å². The SMILES string of the molecule is CC(C)(C)n1nnnc1SCc1csc(-c2ccco2)n1. The van der Waals surface area contributed by atoms with Crippen LogP contribution in [-0.2, 0) is 11.3 Å². The molecule has 0 radical (unpaired) electrons. The number of rotatable bonds is 4. The van der Waals surface area contributed by atoms with Gasteiger partial charge in [0, 0.05) is 11.1 Å². The Morgan fingerprint density at radius 2 is 2.24 bits per heavy atom. The number of thiazole rings is 1. The Labute approximate surface area is 130 Å². The molecule has 0 saturated heterocycles. The van der Waals surface area contributed by atoms with Crippen LogP contribution in [0.3, 0.4) is 0 Å². The van der Waals surface area contributed by atoms with E-state index in [0.29, 0.717) is 0 Å². The summed E-state index contributed by atoms with van der Waals surface area (Å²) in [6, 6.07) is 3.78. The second-order valence-corrected chi connectivity index (χ2v) is 7.25. The van der Waals surface area contributed by atoms with Crippen molar-refractivity contribution in [2.75, 3.05) is 0 Å². The molecule has 6 nitrogen and oxygen atoms in total. The van der Waals surface area contributed by atoms with E-state index in [1.165, 1.54) is 0 Å². The highest BCUT2D eigenvalue weighted by Gasteiger charge is 2.20. The molecule has 3 heterocycles. The summed E-state index contributed by atoms with van der Waals surface area (Å²) in [5.41, 5.74) is 0.868. The van der Waals surface area contributed by atoms with Gasteiger partial charge >= 0.3 is 0 Å². The monoisotopic (exact) mass is 321 g/mol. The second-order valence-electron chi connectivity index (χ2n) is 5.45. The van der Waals surface area contributed by atoms with Crippen LogP contribution in [0.25, 0.3) is 10.8 Å². The molecule has 0 unspecified atom stereocenters. The van der Waals surface area contributed by atoms with Gasteiger partial charge < -0.3 is 4.42 Å². The Hall–Kier alpha value is -1.67. The van der Waals surface area contributed by atoms with Gasteiger partial charge in [-0.15, -0.1) is 16.4 Å². The summed E-state index contributed by atoms with van der Waals surface area (Å²) >= 11 is 3.16. The molecule has 8 heteroatoms. The maximum atomic E-state index is 5.35. The lowest BCUT2D eigenvalue weighted by Crippen LogP contribution is -2.24. The van der Waals surface area contributed by atoms with Crippen molar-refractivity contribution in [3.8, 4) is 10.8 Å². The summed E-state index contributed by atoms with van der Waals surface area (Å²) < 4.78 is 7.18. The molecule has 0 aliphatic heterocycles. The topological polar surface area (TPSA) is 69.6 Å². The van der Waals surface area contributed by atoms with Crippen LogP contribution in [0.4, 0.5) is 0 Å². The van der Waals surface area contributed by atoms with E-state index in [4.69, 9.17) is 4.42 Å². The van der Waals surface area contributed by atoms with E-state index in [9.17, 15) is 0 Å². The molecule has 0 atom stereocenters. The minimum atomic E-state index is -0.132. The molecule has 21 heavy (non-hydrogen) atoms. The summed E-state index contributed by atoms with van der Waals surface area (Å²) in [6.07, 6.45) is 1.66. The van der Waals surface area contributed by atoms with E-state index in [1.54, 1.807) is 29.4 Å². The lowest BCUT2D eigenvalue weighted by atomic mass is 10.1. The highest BCUT2D eigenvalue weighted by molar-refractivity contribution is 7.98. The van der Waals surface area contributed by atoms with Gasteiger partial charge in [-0.25, -0.2) is 9.67 Å². The van der Waals surface area contributed by atoms with Crippen molar-refractivity contribution in [2.45, 2.75) is 37.2 Å². The largest absolute Gasteiger partial charge is 0.462 e. The molecule has 0 aliphatic carbocycles. The molecule has 0 bridgehead atoms. The Morgan fingerprint density at radius 3 is 2.95 bits per heavy atom. The summed E-state index contributed by atoms with van der Waals surface area (Å²) in [4.78, 5) is 4.57. The van der Waals surface area contributed by atoms with E-state index in [2.05, 4.69) is 41.3 Å². The van der Waals surface area contributed by atoms with Gasteiger partial charge in [-0.1, -0.05) is 11.8 Å². The van der Waals surface area contributed by atoms with Gasteiger partial charge in [-0.3, -0.25) is 0 Å². The minimum absolute atomic E-state index is 0.132. The lowest BCUT2D eigenvalue weighted by Gasteiger charge is -2.19. The first-order valence-electron chi connectivity index (χ1n) is 6.44. The third kappa shape index (κ3) is 3.16. The number of aromatic nitrogens is 5. The van der Waals surface area contributed by atoms with Gasteiger partial charge in [-0.05, 0) is 43.3 Å². The van der Waals surface area contributed by atoms with E-state index >= 15 is 0 Å². The Morgan fingerprint density at radius 1 is 1.38 bits per heavy atom. The molecule has 0 aliphatic rings. The Bertz CT molecular complexity index is 711. The average Bonchev–Trinajstić information content (AvgIpc) is 3.16. The van der Waals surface area contributed by atoms with Crippen LogP contribution < -0.4 is 0 Å². The minimum Gasteiger partial charge on any atom is -0.462 e. The predicted molar refractivity (Wildman–Crippen MR) is 82.2 cm³/mol. The molecular weight excluding hydrogens is 306 g/mol. The van der Waals surface area contributed by atoms with Crippen LogP contribution in [0.1, 0.15) is 26.5 Å². The number of nitrogens with zero attached hydrogens (tertiary/aromatic N) is 5. The Balaban J connectivity index is 1.70. The third-order valence-electron chi connectivity index (χ3n) is 2.71. The van der Waals surface area contributed by atoms with E-state index in [-0.39, 0.29) is 5.54 Å². The maximum absolute atomic E-state index is 5.35. The molecule has 0 fully saturated rings. The van der Waals surface area contributed by atoms with Crippen molar-refractivity contribution >= 4 is 23.1 Å².